The highest BCUT2D eigenvalue weighted by Gasteiger charge is 2.36. The number of thiophene rings is 2. The summed E-state index contributed by atoms with van der Waals surface area (Å²) in [6.45, 7) is 36.7. The Bertz CT molecular complexity index is 1970. The summed E-state index contributed by atoms with van der Waals surface area (Å²) >= 11 is 3.90. The van der Waals surface area contributed by atoms with Gasteiger partial charge < -0.3 is 19.3 Å². The van der Waals surface area contributed by atoms with Crippen LogP contribution in [0.5, 0.6) is 0 Å². The Kier molecular flexibility index (Phi) is 30.5. The lowest BCUT2D eigenvalue weighted by atomic mass is 9.93. The van der Waals surface area contributed by atoms with Crippen molar-refractivity contribution in [1.82, 2.24) is 4.90 Å². The average Bonchev–Trinajstić information content (AvgIpc) is 3.97. The second kappa shape index (κ2) is 35.4. The third-order valence-electron chi connectivity index (χ3n) is 13.1. The fraction of sp³-hybridized carbons (Fsp3) is 0.690. The van der Waals surface area contributed by atoms with Crippen molar-refractivity contribution in [2.24, 2.45) is 0 Å². The van der Waals surface area contributed by atoms with Crippen molar-refractivity contribution in [2.75, 3.05) is 51.0 Å². The van der Waals surface area contributed by atoms with E-state index in [9.17, 15) is 10.1 Å². The van der Waals surface area contributed by atoms with Gasteiger partial charge in [-0.2, -0.15) is 0 Å². The van der Waals surface area contributed by atoms with Crippen molar-refractivity contribution < 1.29 is 14.3 Å². The SMILES string of the molecule is [C-]#[N+]C1=C(/C=C/c2sc(-c3sc(N(CCOCCCC)CCOCCCC)c(CCCCCC)c3CCCCCC)c(CCCCCC)c2CCCCCC)C(=O)N(CCCC)/C1=C(\C#N)[N+]#[C-]. The number of allylic oxidation sites excluding steroid dienone is 1. The van der Waals surface area contributed by atoms with Gasteiger partial charge in [-0.1, -0.05) is 151 Å². The Hall–Kier alpha value is -3.72. The second-order valence-corrected chi connectivity index (χ2v) is 20.6. The molecule has 0 spiro atoms. The molecule has 3 heterocycles. The van der Waals surface area contributed by atoms with Crippen LogP contribution in [0, 0.1) is 24.5 Å². The molecule has 2 aromatic heterocycles. The number of unbranched alkanes of at least 4 members (excludes halogenated alkanes) is 15. The monoisotopic (exact) mass is 968 g/mol. The largest absolute Gasteiger partial charge is 0.380 e. The van der Waals surface area contributed by atoms with Crippen molar-refractivity contribution in [2.45, 2.75) is 215 Å². The lowest BCUT2D eigenvalue weighted by Crippen LogP contribution is -2.31. The van der Waals surface area contributed by atoms with Gasteiger partial charge in [0.1, 0.15) is 0 Å². The number of rotatable bonds is 39. The molecular formula is C58H89N5O3S2. The van der Waals surface area contributed by atoms with Crippen molar-refractivity contribution in [3.8, 4) is 15.8 Å². The van der Waals surface area contributed by atoms with Gasteiger partial charge in [-0.3, -0.25) is 4.79 Å². The van der Waals surface area contributed by atoms with Crippen LogP contribution < -0.4 is 4.90 Å². The van der Waals surface area contributed by atoms with E-state index >= 15 is 0 Å². The predicted molar refractivity (Wildman–Crippen MR) is 291 cm³/mol. The molecule has 0 atom stereocenters. The van der Waals surface area contributed by atoms with E-state index in [2.05, 4.69) is 69.1 Å². The van der Waals surface area contributed by atoms with E-state index in [1.54, 1.807) is 5.56 Å². The molecule has 10 heteroatoms. The number of anilines is 1. The molecule has 0 radical (unpaired) electrons. The van der Waals surface area contributed by atoms with Crippen LogP contribution in [0.3, 0.4) is 0 Å². The molecule has 0 N–H and O–H groups in total. The van der Waals surface area contributed by atoms with Crippen LogP contribution in [0.25, 0.3) is 25.5 Å². The molecule has 68 heavy (non-hydrogen) atoms. The molecule has 8 nitrogen and oxygen atoms in total. The Morgan fingerprint density at radius 2 is 1.07 bits per heavy atom. The number of nitriles is 1. The summed E-state index contributed by atoms with van der Waals surface area (Å²) in [7, 11) is 0. The van der Waals surface area contributed by atoms with Gasteiger partial charge >= 0.3 is 0 Å². The van der Waals surface area contributed by atoms with Crippen LogP contribution in [0.15, 0.2) is 28.7 Å². The minimum absolute atomic E-state index is 0.110. The lowest BCUT2D eigenvalue weighted by Gasteiger charge is -2.25. The first kappa shape index (κ1) is 58.6. The van der Waals surface area contributed by atoms with E-state index in [0.29, 0.717) is 26.2 Å². The van der Waals surface area contributed by atoms with Crippen molar-refractivity contribution in [1.29, 1.82) is 5.26 Å². The van der Waals surface area contributed by atoms with Gasteiger partial charge in [0.15, 0.2) is 0 Å². The van der Waals surface area contributed by atoms with Gasteiger partial charge in [0.05, 0.1) is 48.0 Å². The fourth-order valence-electron chi connectivity index (χ4n) is 9.02. The van der Waals surface area contributed by atoms with Crippen LogP contribution in [0.4, 0.5) is 5.00 Å². The maximum atomic E-state index is 14.3. The molecule has 0 saturated carbocycles. The first-order chi connectivity index (χ1) is 33.3. The Morgan fingerprint density at radius 1 is 0.603 bits per heavy atom. The highest BCUT2D eigenvalue weighted by atomic mass is 32.1. The van der Waals surface area contributed by atoms with E-state index in [0.717, 1.165) is 102 Å². The zero-order valence-electron chi connectivity index (χ0n) is 43.8. The van der Waals surface area contributed by atoms with Crippen LogP contribution >= 0.6 is 22.7 Å². The number of nitrogens with zero attached hydrogens (tertiary/aromatic N) is 5. The summed E-state index contributed by atoms with van der Waals surface area (Å²) in [6.07, 6.45) is 33.1. The summed E-state index contributed by atoms with van der Waals surface area (Å²) in [5.74, 6) is -0.296. The molecule has 376 valence electrons. The zero-order chi connectivity index (χ0) is 49.4. The minimum Gasteiger partial charge on any atom is -0.380 e. The summed E-state index contributed by atoms with van der Waals surface area (Å²) in [5.41, 5.74) is 6.30. The minimum atomic E-state index is -0.296. The third kappa shape index (κ3) is 18.2. The van der Waals surface area contributed by atoms with Gasteiger partial charge in [-0.05, 0) is 99.0 Å². The van der Waals surface area contributed by atoms with Gasteiger partial charge in [0.2, 0.25) is 11.6 Å². The summed E-state index contributed by atoms with van der Waals surface area (Å²) in [6, 6.07) is 1.99. The molecule has 0 aliphatic carbocycles. The molecular weight excluding hydrogens is 879 g/mol. The van der Waals surface area contributed by atoms with Gasteiger partial charge in [-0.25, -0.2) is 15.0 Å². The molecule has 0 fully saturated rings. The lowest BCUT2D eigenvalue weighted by molar-refractivity contribution is -0.124. The predicted octanol–water partition coefficient (Wildman–Crippen LogP) is 16.9. The standard InChI is InChI=1S/C58H89N5O3S2/c1-10-17-24-28-32-46-47(33-29-25-18-11-2)55(67-52(46)37-36-50-53(61-9)54(51(45-59)60-8)63(57(50)64)38-21-14-5)56-48(34-30-26-19-12-3)49(35-31-27-20-13-4)58(68-56)62(39-43-65-41-22-15-6)40-44-66-42-23-16-7/h36-37H,10-35,38-44H2,1-7H3/b37-36+,54-51+. The number of ether oxygens (including phenoxy) is 2. The molecule has 1 amide bonds. The smallest absolute Gasteiger partial charge is 0.274 e. The normalized spacial score (nSPS) is 13.5. The molecule has 0 bridgehead atoms. The first-order valence-electron chi connectivity index (χ1n) is 27.2. The van der Waals surface area contributed by atoms with E-state index < -0.39 is 0 Å². The van der Waals surface area contributed by atoms with Crippen LogP contribution in [0.2, 0.25) is 0 Å². The van der Waals surface area contributed by atoms with E-state index in [1.165, 1.54) is 126 Å². The molecule has 0 saturated heterocycles. The van der Waals surface area contributed by atoms with Crippen molar-refractivity contribution >= 4 is 39.7 Å². The Morgan fingerprint density at radius 3 is 1.54 bits per heavy atom. The molecule has 0 aromatic carbocycles. The van der Waals surface area contributed by atoms with E-state index in [1.807, 2.05) is 34.8 Å². The number of hydrogen-bond acceptors (Lipinski definition) is 7. The van der Waals surface area contributed by atoms with Gasteiger partial charge in [-0.15, -0.1) is 22.7 Å². The number of hydrogen-bond donors (Lipinski definition) is 0. The summed E-state index contributed by atoms with van der Waals surface area (Å²) in [5, 5.41) is 11.4. The van der Waals surface area contributed by atoms with Gasteiger partial charge in [0, 0.05) is 48.2 Å². The topological polar surface area (TPSA) is 74.5 Å². The highest BCUT2D eigenvalue weighted by molar-refractivity contribution is 7.25. The molecule has 2 aromatic rings. The molecule has 1 aliphatic rings. The van der Waals surface area contributed by atoms with Crippen molar-refractivity contribution in [3.05, 3.63) is 78.7 Å². The van der Waals surface area contributed by atoms with Crippen LogP contribution in [0.1, 0.15) is 217 Å². The van der Waals surface area contributed by atoms with Crippen LogP contribution in [-0.4, -0.2) is 56.9 Å². The van der Waals surface area contributed by atoms with Crippen LogP contribution in [-0.2, 0) is 40.0 Å². The summed E-state index contributed by atoms with van der Waals surface area (Å²) in [4.78, 5) is 29.7. The average molecular weight is 969 g/mol. The Labute approximate surface area is 422 Å². The Balaban J connectivity index is 2.43. The second-order valence-electron chi connectivity index (χ2n) is 18.5. The number of carbonyl (C=O) groups is 1. The third-order valence-corrected chi connectivity index (χ3v) is 15.8. The maximum absolute atomic E-state index is 14.3. The maximum Gasteiger partial charge on any atom is 0.274 e. The first-order valence-corrected chi connectivity index (χ1v) is 28.8. The van der Waals surface area contributed by atoms with Crippen molar-refractivity contribution in [3.63, 3.8) is 0 Å². The van der Waals surface area contributed by atoms with Gasteiger partial charge in [0.25, 0.3) is 5.70 Å². The zero-order valence-corrected chi connectivity index (χ0v) is 45.4. The number of carbonyl (C=O) groups excluding carboxylic acids is 1. The summed E-state index contributed by atoms with van der Waals surface area (Å²) < 4.78 is 12.6. The van der Waals surface area contributed by atoms with E-state index in [4.69, 9.17) is 22.6 Å². The highest BCUT2D eigenvalue weighted by Crippen LogP contribution is 2.50. The van der Waals surface area contributed by atoms with E-state index in [-0.39, 0.29) is 28.6 Å². The fourth-order valence-corrected chi connectivity index (χ4v) is 12.0. The molecule has 0 unspecified atom stereocenters. The molecule has 1 aliphatic heterocycles. The number of amides is 1. The molecule has 3 rings (SSSR count). The quantitative estimate of drug-likeness (QED) is 0.0379.